The zero-order chi connectivity index (χ0) is 20.8. The Hall–Kier alpha value is -2.59. The average Bonchev–Trinajstić information content (AvgIpc) is 3.00. The Balaban J connectivity index is 1.48. The van der Waals surface area contributed by atoms with Gasteiger partial charge >= 0.3 is 6.09 Å². The second-order valence-corrected chi connectivity index (χ2v) is 9.87. The van der Waals surface area contributed by atoms with Gasteiger partial charge in [0.2, 0.25) is 0 Å². The van der Waals surface area contributed by atoms with E-state index in [1.54, 1.807) is 4.90 Å². The van der Waals surface area contributed by atoms with Crippen LogP contribution in [0.3, 0.4) is 0 Å². The molecule has 3 aliphatic rings. The highest BCUT2D eigenvalue weighted by Gasteiger charge is 2.49. The van der Waals surface area contributed by atoms with Gasteiger partial charge in [-0.05, 0) is 18.4 Å². The molecule has 1 spiro atoms. The smallest absolute Gasteiger partial charge is 0.414 e. The number of carbonyl (C=O) groups is 1. The number of amides is 1. The summed E-state index contributed by atoms with van der Waals surface area (Å²) in [6, 6.07) is 2.15. The van der Waals surface area contributed by atoms with E-state index in [1.165, 1.54) is 0 Å². The molecule has 156 valence electrons. The van der Waals surface area contributed by atoms with Crippen LogP contribution in [0.15, 0.2) is 17.2 Å². The van der Waals surface area contributed by atoms with E-state index in [-0.39, 0.29) is 41.4 Å². The summed E-state index contributed by atoms with van der Waals surface area (Å²) in [4.78, 5) is 17.3. The van der Waals surface area contributed by atoms with Crippen molar-refractivity contribution in [3.05, 3.63) is 34.2 Å². The lowest BCUT2D eigenvalue weighted by atomic mass is 9.81. The number of halogens is 2. The summed E-state index contributed by atoms with van der Waals surface area (Å²) in [6.07, 6.45) is -0.319. The van der Waals surface area contributed by atoms with Crippen molar-refractivity contribution in [2.45, 2.75) is 18.9 Å². The minimum atomic E-state index is -2.96. The molecule has 0 saturated carbocycles. The van der Waals surface area contributed by atoms with Crippen molar-refractivity contribution >= 4 is 27.3 Å². The highest BCUT2D eigenvalue weighted by atomic mass is 32.2. The molecule has 0 unspecified atom stereocenters. The number of sulfone groups is 1. The van der Waals surface area contributed by atoms with Crippen LogP contribution in [0.25, 0.3) is 10.4 Å². The number of benzene rings is 1. The third-order valence-electron chi connectivity index (χ3n) is 5.73. The van der Waals surface area contributed by atoms with Crippen molar-refractivity contribution in [3.63, 3.8) is 0 Å². The molecule has 1 aromatic carbocycles. The Labute approximate surface area is 165 Å². The lowest BCUT2D eigenvalue weighted by Gasteiger charge is -2.47. The van der Waals surface area contributed by atoms with Crippen molar-refractivity contribution < 1.29 is 26.7 Å². The van der Waals surface area contributed by atoms with E-state index in [0.717, 1.165) is 17.0 Å². The van der Waals surface area contributed by atoms with Crippen molar-refractivity contribution in [2.75, 3.05) is 47.5 Å². The van der Waals surface area contributed by atoms with Gasteiger partial charge in [0.1, 0.15) is 11.8 Å². The second-order valence-electron chi connectivity index (χ2n) is 7.81. The second kappa shape index (κ2) is 7.03. The molecule has 0 bridgehead atoms. The number of hydrogen-bond acceptors (Lipinski definition) is 6. The molecular weight excluding hydrogens is 408 g/mol. The van der Waals surface area contributed by atoms with E-state index in [2.05, 4.69) is 10.0 Å². The SMILES string of the molecule is [N-]=[N+]=NC[C@H]1CN(c2cc(F)c(N3CCC4(CC3)CS(=O)(=O)C4)c(F)c2)C(=O)O1. The Morgan fingerprint density at radius 1 is 1.24 bits per heavy atom. The monoisotopic (exact) mass is 427 g/mol. The molecule has 3 heterocycles. The van der Waals surface area contributed by atoms with Gasteiger partial charge in [0, 0.05) is 35.5 Å². The lowest BCUT2D eigenvalue weighted by molar-refractivity contribution is 0.145. The first kappa shape index (κ1) is 19.7. The fourth-order valence-corrected chi connectivity index (χ4v) is 6.71. The first-order valence-electron chi connectivity index (χ1n) is 9.15. The first-order chi connectivity index (χ1) is 13.7. The Morgan fingerprint density at radius 2 is 1.86 bits per heavy atom. The third-order valence-corrected chi connectivity index (χ3v) is 7.83. The third kappa shape index (κ3) is 3.69. The van der Waals surface area contributed by atoms with Crippen molar-refractivity contribution in [1.82, 2.24) is 0 Å². The molecule has 0 radical (unpaired) electrons. The maximum atomic E-state index is 14.8. The van der Waals surface area contributed by atoms with Crippen LogP contribution < -0.4 is 9.80 Å². The van der Waals surface area contributed by atoms with E-state index in [1.807, 2.05) is 0 Å². The van der Waals surface area contributed by atoms with Gasteiger partial charge in [0.25, 0.3) is 0 Å². The molecule has 1 aromatic rings. The fraction of sp³-hybridized carbons (Fsp3) is 0.588. The highest BCUT2D eigenvalue weighted by molar-refractivity contribution is 7.92. The molecule has 0 aliphatic carbocycles. The number of piperidine rings is 1. The zero-order valence-corrected chi connectivity index (χ0v) is 16.2. The van der Waals surface area contributed by atoms with E-state index in [4.69, 9.17) is 10.3 Å². The van der Waals surface area contributed by atoms with E-state index < -0.39 is 33.7 Å². The summed E-state index contributed by atoms with van der Waals surface area (Å²) in [6.45, 7) is 0.690. The van der Waals surface area contributed by atoms with Crippen LogP contribution in [-0.4, -0.2) is 58.3 Å². The quantitative estimate of drug-likeness (QED) is 0.416. The summed E-state index contributed by atoms with van der Waals surface area (Å²) >= 11 is 0. The molecule has 3 saturated heterocycles. The Kier molecular flexibility index (Phi) is 4.78. The number of azide groups is 1. The van der Waals surface area contributed by atoms with Crippen LogP contribution in [-0.2, 0) is 14.6 Å². The molecule has 0 N–H and O–H groups in total. The molecule has 1 atom stereocenters. The molecule has 9 nitrogen and oxygen atoms in total. The molecule has 0 aromatic heterocycles. The van der Waals surface area contributed by atoms with Crippen LogP contribution in [0, 0.1) is 17.0 Å². The van der Waals surface area contributed by atoms with Crippen LogP contribution >= 0.6 is 0 Å². The van der Waals surface area contributed by atoms with Crippen LogP contribution in [0.1, 0.15) is 12.8 Å². The predicted molar refractivity (Wildman–Crippen MR) is 101 cm³/mol. The van der Waals surface area contributed by atoms with Crippen molar-refractivity contribution in [2.24, 2.45) is 10.5 Å². The number of ether oxygens (including phenoxy) is 1. The highest BCUT2D eigenvalue weighted by Crippen LogP contribution is 2.44. The molecule has 3 fully saturated rings. The van der Waals surface area contributed by atoms with E-state index in [9.17, 15) is 22.0 Å². The van der Waals surface area contributed by atoms with Gasteiger partial charge in [-0.2, -0.15) is 0 Å². The molecule has 3 aliphatic heterocycles. The topological polar surface area (TPSA) is 116 Å². The number of rotatable bonds is 4. The summed E-state index contributed by atoms with van der Waals surface area (Å²) in [7, 11) is -2.96. The molecule has 4 rings (SSSR count). The van der Waals surface area contributed by atoms with Gasteiger partial charge in [0.15, 0.2) is 21.5 Å². The molecule has 1 amide bonds. The molecular formula is C17H19F2N5O4S. The minimum Gasteiger partial charge on any atom is -0.444 e. The van der Waals surface area contributed by atoms with Gasteiger partial charge in [-0.25, -0.2) is 22.0 Å². The predicted octanol–water partition coefficient (Wildman–Crippen LogP) is 2.62. The van der Waals surface area contributed by atoms with Gasteiger partial charge < -0.3 is 9.64 Å². The first-order valence-corrected chi connectivity index (χ1v) is 11.0. The van der Waals surface area contributed by atoms with E-state index in [0.29, 0.717) is 25.9 Å². The lowest BCUT2D eigenvalue weighted by Crippen LogP contribution is -2.54. The van der Waals surface area contributed by atoms with Crippen molar-refractivity contribution in [3.8, 4) is 0 Å². The van der Waals surface area contributed by atoms with Crippen LogP contribution in [0.2, 0.25) is 0 Å². The fourth-order valence-electron chi connectivity index (χ4n) is 4.35. The summed E-state index contributed by atoms with van der Waals surface area (Å²) < 4.78 is 57.5. The van der Waals surface area contributed by atoms with E-state index >= 15 is 0 Å². The maximum absolute atomic E-state index is 14.8. The van der Waals surface area contributed by atoms with Crippen LogP contribution in [0.4, 0.5) is 25.0 Å². The standard InChI is InChI=1S/C17H19F2N5O4S/c18-13-5-11(24-8-12(7-21-22-20)28-16(24)25)6-14(19)15(13)23-3-1-17(2-4-23)9-29(26,27)10-17/h5-6,12H,1-4,7-10H2/t12-/m0/s1. The van der Waals surface area contributed by atoms with Gasteiger partial charge in [-0.3, -0.25) is 4.90 Å². The molecule has 29 heavy (non-hydrogen) atoms. The number of nitrogens with zero attached hydrogens (tertiary/aromatic N) is 5. The normalized spacial score (nSPS) is 24.8. The largest absolute Gasteiger partial charge is 0.444 e. The van der Waals surface area contributed by atoms with Crippen molar-refractivity contribution in [1.29, 1.82) is 0 Å². The Morgan fingerprint density at radius 3 is 2.41 bits per heavy atom. The Bertz CT molecular complexity index is 966. The maximum Gasteiger partial charge on any atom is 0.414 e. The zero-order valence-electron chi connectivity index (χ0n) is 15.4. The number of anilines is 2. The summed E-state index contributed by atoms with van der Waals surface area (Å²) in [5.41, 5.74) is 7.94. The number of carbonyl (C=O) groups excluding carboxylic acids is 1. The average molecular weight is 427 g/mol. The summed E-state index contributed by atoms with van der Waals surface area (Å²) in [5, 5.41) is 3.34. The van der Waals surface area contributed by atoms with Gasteiger partial charge in [-0.15, -0.1) is 0 Å². The van der Waals surface area contributed by atoms with Crippen LogP contribution in [0.5, 0.6) is 0 Å². The van der Waals surface area contributed by atoms with Gasteiger partial charge in [-0.1, -0.05) is 5.11 Å². The summed E-state index contributed by atoms with van der Waals surface area (Å²) in [5.74, 6) is -1.32. The van der Waals surface area contributed by atoms with Gasteiger partial charge in [0.05, 0.1) is 30.3 Å². The minimum absolute atomic E-state index is 0.0238. The number of cyclic esters (lactones) is 1. The molecule has 12 heteroatoms. The number of hydrogen-bond donors (Lipinski definition) is 0.